The molecule has 2 atom stereocenters. The predicted molar refractivity (Wildman–Crippen MR) is 83.3 cm³/mol. The molecule has 1 fully saturated rings. The molecular formula is C17H19NO2S. The average Bonchev–Trinajstić information content (AvgIpc) is 2.90. The van der Waals surface area contributed by atoms with Gasteiger partial charge in [-0.15, -0.1) is 11.8 Å². The number of nitrogens with zero attached hydrogens (tertiary/aromatic N) is 1. The molecule has 4 heteroatoms. The van der Waals surface area contributed by atoms with Crippen LogP contribution in [0.5, 0.6) is 0 Å². The molecule has 1 saturated heterocycles. The van der Waals surface area contributed by atoms with Crippen molar-refractivity contribution < 1.29 is 9.53 Å². The second-order valence-electron chi connectivity index (χ2n) is 6.01. The Kier molecular flexibility index (Phi) is 3.12. The molecule has 0 aliphatic carbocycles. The minimum absolute atomic E-state index is 0.0911. The Balaban J connectivity index is 1.84. The maximum absolute atomic E-state index is 12.5. The van der Waals surface area contributed by atoms with Crippen LogP contribution in [0.25, 0.3) is 0 Å². The summed E-state index contributed by atoms with van der Waals surface area (Å²) in [6.07, 6.45) is 5.35. The maximum atomic E-state index is 12.5. The number of carbonyl (C=O) groups is 1. The van der Waals surface area contributed by atoms with Gasteiger partial charge in [0.2, 0.25) is 0 Å². The number of fused-ring (bicyclic) bond motifs is 5. The first-order chi connectivity index (χ1) is 10.3. The molecule has 0 amide bonds. The number of ether oxygens (including phenoxy) is 1. The van der Waals surface area contributed by atoms with E-state index in [1.54, 1.807) is 0 Å². The monoisotopic (exact) mass is 301 g/mol. The number of hydrogen-bond donors (Lipinski definition) is 0. The van der Waals surface area contributed by atoms with Crippen molar-refractivity contribution in [2.75, 3.05) is 19.4 Å². The highest BCUT2D eigenvalue weighted by Crippen LogP contribution is 2.52. The van der Waals surface area contributed by atoms with E-state index < -0.39 is 5.54 Å². The zero-order valence-electron chi connectivity index (χ0n) is 12.2. The van der Waals surface area contributed by atoms with Gasteiger partial charge in [0.25, 0.3) is 0 Å². The standard InChI is InChI=1S/C17H19NO2S/c1-20-16(19)17-8-4-5-9-18(17)15-12(10-17)11-21-14-7-3-2-6-13(14)15/h2-3,6-7,10,15H,4-5,8-9,11H2,1H3/t15-,17-/m0/s1. The summed E-state index contributed by atoms with van der Waals surface area (Å²) in [5.74, 6) is 0.892. The zero-order valence-corrected chi connectivity index (χ0v) is 13.0. The Morgan fingerprint density at radius 3 is 3.10 bits per heavy atom. The summed E-state index contributed by atoms with van der Waals surface area (Å²) < 4.78 is 5.16. The summed E-state index contributed by atoms with van der Waals surface area (Å²) >= 11 is 1.88. The SMILES string of the molecule is COC(=O)[C@]12C=C3CSc4ccccc4[C@H]3N1CCCC2. The number of carbonyl (C=O) groups excluding carboxylic acids is 1. The fourth-order valence-corrected chi connectivity index (χ4v) is 5.15. The minimum atomic E-state index is -0.523. The first-order valence-corrected chi connectivity index (χ1v) is 8.53. The summed E-state index contributed by atoms with van der Waals surface area (Å²) in [7, 11) is 1.51. The fourth-order valence-electron chi connectivity index (χ4n) is 4.06. The number of piperidine rings is 1. The number of thioether (sulfide) groups is 1. The van der Waals surface area contributed by atoms with E-state index >= 15 is 0 Å². The van der Waals surface area contributed by atoms with Gasteiger partial charge in [0.1, 0.15) is 5.54 Å². The van der Waals surface area contributed by atoms with Gasteiger partial charge in [0, 0.05) is 17.2 Å². The lowest BCUT2D eigenvalue weighted by Gasteiger charge is -2.43. The van der Waals surface area contributed by atoms with Gasteiger partial charge in [-0.1, -0.05) is 24.3 Å². The van der Waals surface area contributed by atoms with E-state index in [0.717, 1.165) is 31.6 Å². The molecule has 0 unspecified atom stereocenters. The van der Waals surface area contributed by atoms with E-state index in [1.165, 1.54) is 23.1 Å². The second kappa shape index (κ2) is 4.89. The lowest BCUT2D eigenvalue weighted by Crippen LogP contribution is -2.54. The molecule has 3 aliphatic rings. The van der Waals surface area contributed by atoms with Crippen LogP contribution < -0.4 is 0 Å². The fraction of sp³-hybridized carbons (Fsp3) is 0.471. The number of methoxy groups -OCH3 is 1. The van der Waals surface area contributed by atoms with Crippen molar-refractivity contribution in [1.82, 2.24) is 4.90 Å². The summed E-state index contributed by atoms with van der Waals surface area (Å²) in [6, 6.07) is 8.87. The number of esters is 1. The number of benzene rings is 1. The van der Waals surface area contributed by atoms with Crippen molar-refractivity contribution in [3.8, 4) is 0 Å². The largest absolute Gasteiger partial charge is 0.467 e. The predicted octanol–water partition coefficient (Wildman–Crippen LogP) is 3.17. The van der Waals surface area contributed by atoms with Crippen molar-refractivity contribution in [2.24, 2.45) is 0 Å². The summed E-state index contributed by atoms with van der Waals surface area (Å²) in [5.41, 5.74) is 2.21. The van der Waals surface area contributed by atoms with Crippen LogP contribution in [0, 0.1) is 0 Å². The average molecular weight is 301 g/mol. The van der Waals surface area contributed by atoms with Gasteiger partial charge in [-0.25, -0.2) is 4.79 Å². The molecule has 3 nitrogen and oxygen atoms in total. The van der Waals surface area contributed by atoms with Crippen LogP contribution in [-0.2, 0) is 9.53 Å². The quantitative estimate of drug-likeness (QED) is 0.588. The van der Waals surface area contributed by atoms with Gasteiger partial charge in [-0.2, -0.15) is 0 Å². The van der Waals surface area contributed by atoms with Crippen molar-refractivity contribution >= 4 is 17.7 Å². The van der Waals surface area contributed by atoms with Gasteiger partial charge in [0.05, 0.1) is 13.2 Å². The van der Waals surface area contributed by atoms with Crippen LogP contribution in [0.2, 0.25) is 0 Å². The smallest absolute Gasteiger partial charge is 0.330 e. The summed E-state index contributed by atoms with van der Waals surface area (Å²) in [5, 5.41) is 0. The topological polar surface area (TPSA) is 29.5 Å². The normalized spacial score (nSPS) is 30.9. The number of rotatable bonds is 1. The first kappa shape index (κ1) is 13.4. The zero-order chi connectivity index (χ0) is 14.4. The molecule has 0 bridgehead atoms. The molecule has 3 heterocycles. The Hall–Kier alpha value is -1.26. The molecule has 0 aromatic heterocycles. The van der Waals surface area contributed by atoms with Crippen LogP contribution in [-0.4, -0.2) is 35.8 Å². The van der Waals surface area contributed by atoms with Crippen molar-refractivity contribution in [3.63, 3.8) is 0 Å². The van der Waals surface area contributed by atoms with Gasteiger partial charge in [-0.05, 0) is 36.5 Å². The van der Waals surface area contributed by atoms with Crippen molar-refractivity contribution in [3.05, 3.63) is 41.5 Å². The van der Waals surface area contributed by atoms with Crippen LogP contribution >= 0.6 is 11.8 Å². The highest BCUT2D eigenvalue weighted by molar-refractivity contribution is 7.99. The Labute approximate surface area is 129 Å². The highest BCUT2D eigenvalue weighted by Gasteiger charge is 2.54. The van der Waals surface area contributed by atoms with E-state index in [0.29, 0.717) is 0 Å². The first-order valence-electron chi connectivity index (χ1n) is 7.55. The number of hydrogen-bond acceptors (Lipinski definition) is 4. The van der Waals surface area contributed by atoms with E-state index in [4.69, 9.17) is 4.74 Å². The minimum Gasteiger partial charge on any atom is -0.467 e. The molecule has 110 valence electrons. The molecular weight excluding hydrogens is 282 g/mol. The maximum Gasteiger partial charge on any atom is 0.330 e. The Morgan fingerprint density at radius 1 is 1.38 bits per heavy atom. The molecule has 4 rings (SSSR count). The molecule has 0 N–H and O–H groups in total. The van der Waals surface area contributed by atoms with E-state index in [-0.39, 0.29) is 12.0 Å². The van der Waals surface area contributed by atoms with E-state index in [9.17, 15) is 4.79 Å². The summed E-state index contributed by atoms with van der Waals surface area (Å²) in [4.78, 5) is 16.2. The van der Waals surface area contributed by atoms with Gasteiger partial charge in [-0.3, -0.25) is 4.90 Å². The lowest BCUT2D eigenvalue weighted by molar-refractivity contribution is -0.154. The van der Waals surface area contributed by atoms with E-state index in [1.807, 2.05) is 11.8 Å². The molecule has 1 aromatic carbocycles. The Morgan fingerprint density at radius 2 is 2.24 bits per heavy atom. The summed E-state index contributed by atoms with van der Waals surface area (Å²) in [6.45, 7) is 0.971. The van der Waals surface area contributed by atoms with Crippen molar-refractivity contribution in [2.45, 2.75) is 35.7 Å². The third-order valence-corrected chi connectivity index (χ3v) is 6.11. The molecule has 0 radical (unpaired) electrons. The second-order valence-corrected chi connectivity index (χ2v) is 7.03. The molecule has 0 spiro atoms. The molecule has 21 heavy (non-hydrogen) atoms. The van der Waals surface area contributed by atoms with Crippen molar-refractivity contribution in [1.29, 1.82) is 0 Å². The van der Waals surface area contributed by atoms with Gasteiger partial charge in [0.15, 0.2) is 0 Å². The van der Waals surface area contributed by atoms with Gasteiger partial charge < -0.3 is 4.74 Å². The molecule has 3 aliphatic heterocycles. The third-order valence-electron chi connectivity index (χ3n) is 4.95. The van der Waals surface area contributed by atoms with Crippen LogP contribution in [0.1, 0.15) is 30.9 Å². The van der Waals surface area contributed by atoms with Gasteiger partial charge >= 0.3 is 5.97 Å². The molecule has 0 saturated carbocycles. The van der Waals surface area contributed by atoms with Crippen LogP contribution in [0.3, 0.4) is 0 Å². The lowest BCUT2D eigenvalue weighted by atomic mass is 9.88. The highest BCUT2D eigenvalue weighted by atomic mass is 32.2. The Bertz CT molecular complexity index is 627. The molecule has 1 aromatic rings. The van der Waals surface area contributed by atoms with E-state index in [2.05, 4.69) is 35.2 Å². The third kappa shape index (κ3) is 1.82. The van der Waals surface area contributed by atoms with Crippen LogP contribution in [0.15, 0.2) is 40.8 Å². The van der Waals surface area contributed by atoms with Crippen LogP contribution in [0.4, 0.5) is 0 Å².